The highest BCUT2D eigenvalue weighted by atomic mass is 32.2. The summed E-state index contributed by atoms with van der Waals surface area (Å²) >= 11 is 1.44. The van der Waals surface area contributed by atoms with E-state index in [9.17, 15) is 17.6 Å². The van der Waals surface area contributed by atoms with Gasteiger partial charge in [0.2, 0.25) is 10.0 Å². The molecular formula is C22H27FN4O3S2. The summed E-state index contributed by atoms with van der Waals surface area (Å²) < 4.78 is 42.4. The van der Waals surface area contributed by atoms with E-state index in [1.807, 2.05) is 17.7 Å². The fourth-order valence-corrected chi connectivity index (χ4v) is 6.54. The molecule has 0 N–H and O–H groups in total. The third-order valence-electron chi connectivity index (χ3n) is 5.55. The molecule has 0 saturated carbocycles. The van der Waals surface area contributed by atoms with E-state index in [2.05, 4.69) is 18.9 Å². The van der Waals surface area contributed by atoms with Gasteiger partial charge >= 0.3 is 0 Å². The molecule has 0 unspecified atom stereocenters. The number of thiophene rings is 1. The lowest BCUT2D eigenvalue weighted by atomic mass is 10.2. The van der Waals surface area contributed by atoms with Crippen LogP contribution in [-0.4, -0.2) is 59.5 Å². The van der Waals surface area contributed by atoms with Crippen LogP contribution in [-0.2, 0) is 16.6 Å². The van der Waals surface area contributed by atoms with E-state index in [4.69, 9.17) is 0 Å². The highest BCUT2D eigenvalue weighted by molar-refractivity contribution is 7.89. The van der Waals surface area contributed by atoms with Gasteiger partial charge in [-0.2, -0.15) is 9.40 Å². The van der Waals surface area contributed by atoms with Gasteiger partial charge in [-0.25, -0.2) is 12.8 Å². The van der Waals surface area contributed by atoms with Crippen molar-refractivity contribution < 1.29 is 17.6 Å². The third-order valence-corrected chi connectivity index (χ3v) is 8.60. The molecule has 3 aromatic rings. The highest BCUT2D eigenvalue weighted by Crippen LogP contribution is 2.30. The van der Waals surface area contributed by atoms with Crippen molar-refractivity contribution >= 4 is 37.5 Å². The van der Waals surface area contributed by atoms with Crippen molar-refractivity contribution in [2.75, 3.05) is 26.2 Å². The van der Waals surface area contributed by atoms with Crippen molar-refractivity contribution in [1.29, 1.82) is 0 Å². The van der Waals surface area contributed by atoms with Crippen LogP contribution in [0.15, 0.2) is 35.2 Å². The first-order valence-corrected chi connectivity index (χ1v) is 12.9. The van der Waals surface area contributed by atoms with Crippen LogP contribution in [0.4, 0.5) is 4.39 Å². The summed E-state index contributed by atoms with van der Waals surface area (Å²) in [5, 5.41) is 5.59. The van der Waals surface area contributed by atoms with Crippen LogP contribution in [0.3, 0.4) is 0 Å². The van der Waals surface area contributed by atoms with Crippen molar-refractivity contribution in [2.24, 2.45) is 5.92 Å². The quantitative estimate of drug-likeness (QED) is 0.560. The smallest absolute Gasteiger partial charge is 0.264 e. The topological polar surface area (TPSA) is 75.5 Å². The Bertz CT molecular complexity index is 1230. The number of sulfonamides is 1. The van der Waals surface area contributed by atoms with E-state index in [0.29, 0.717) is 36.9 Å². The maximum absolute atomic E-state index is 13.2. The number of fused-ring (bicyclic) bond motifs is 1. The van der Waals surface area contributed by atoms with Crippen molar-refractivity contribution in [3.8, 4) is 0 Å². The van der Waals surface area contributed by atoms with Crippen LogP contribution in [0.1, 0.15) is 35.6 Å². The predicted molar refractivity (Wildman–Crippen MR) is 123 cm³/mol. The first kappa shape index (κ1) is 22.9. The van der Waals surface area contributed by atoms with Crippen molar-refractivity contribution in [3.05, 3.63) is 46.7 Å². The van der Waals surface area contributed by atoms with E-state index in [0.717, 1.165) is 34.6 Å². The van der Waals surface area contributed by atoms with Crippen molar-refractivity contribution in [1.82, 2.24) is 19.0 Å². The normalized spacial score (nSPS) is 16.1. The molecule has 1 aliphatic heterocycles. The summed E-state index contributed by atoms with van der Waals surface area (Å²) in [5.74, 6) is -0.118. The molecular weight excluding hydrogens is 451 g/mol. The van der Waals surface area contributed by atoms with Crippen LogP contribution in [0.2, 0.25) is 0 Å². The molecule has 4 rings (SSSR count). The van der Waals surface area contributed by atoms with E-state index in [-0.39, 0.29) is 17.3 Å². The van der Waals surface area contributed by atoms with Gasteiger partial charge in [0.15, 0.2) is 0 Å². The summed E-state index contributed by atoms with van der Waals surface area (Å²) in [6.45, 7) is 8.32. The molecule has 0 spiro atoms. The first-order chi connectivity index (χ1) is 15.2. The summed E-state index contributed by atoms with van der Waals surface area (Å²) in [6, 6.07) is 6.74. The molecule has 3 heterocycles. The van der Waals surface area contributed by atoms with E-state index in [1.54, 1.807) is 4.90 Å². The maximum atomic E-state index is 13.2. The van der Waals surface area contributed by atoms with Gasteiger partial charge in [0.1, 0.15) is 10.6 Å². The number of amides is 1. The van der Waals surface area contributed by atoms with Gasteiger partial charge in [0.05, 0.1) is 15.5 Å². The lowest BCUT2D eigenvalue weighted by Crippen LogP contribution is -2.37. The zero-order valence-corrected chi connectivity index (χ0v) is 20.0. The molecule has 0 atom stereocenters. The average molecular weight is 479 g/mol. The SMILES string of the molecule is Cc1nn(CC(C)C)c2sc(C(=O)N3CCCN(S(=O)(=O)c4ccc(F)cc4)CC3)cc12. The molecule has 1 saturated heterocycles. The highest BCUT2D eigenvalue weighted by Gasteiger charge is 2.29. The van der Waals surface area contributed by atoms with Crippen molar-refractivity contribution in [2.45, 2.75) is 38.6 Å². The lowest BCUT2D eigenvalue weighted by Gasteiger charge is -2.21. The minimum absolute atomic E-state index is 0.0633. The molecule has 10 heteroatoms. The number of aromatic nitrogens is 2. The Morgan fingerprint density at radius 3 is 2.56 bits per heavy atom. The van der Waals surface area contributed by atoms with Gasteiger partial charge in [-0.15, -0.1) is 11.3 Å². The second-order valence-electron chi connectivity index (χ2n) is 8.49. The molecule has 1 aromatic carbocycles. The van der Waals surface area contributed by atoms with Crippen LogP contribution < -0.4 is 0 Å². The van der Waals surface area contributed by atoms with Gasteiger partial charge < -0.3 is 4.90 Å². The Morgan fingerprint density at radius 1 is 1.16 bits per heavy atom. The number of aryl methyl sites for hydroxylation is 1. The molecule has 32 heavy (non-hydrogen) atoms. The van der Waals surface area contributed by atoms with Crippen LogP contribution in [0, 0.1) is 18.7 Å². The Morgan fingerprint density at radius 2 is 1.88 bits per heavy atom. The minimum Gasteiger partial charge on any atom is -0.337 e. The summed E-state index contributed by atoms with van der Waals surface area (Å²) in [7, 11) is -3.73. The van der Waals surface area contributed by atoms with Gasteiger partial charge in [-0.1, -0.05) is 13.8 Å². The van der Waals surface area contributed by atoms with Crippen LogP contribution >= 0.6 is 11.3 Å². The molecule has 0 aliphatic carbocycles. The minimum atomic E-state index is -3.73. The van der Waals surface area contributed by atoms with E-state index in [1.165, 1.54) is 27.8 Å². The van der Waals surface area contributed by atoms with Gasteiger partial charge in [0.25, 0.3) is 5.91 Å². The second-order valence-corrected chi connectivity index (χ2v) is 11.5. The lowest BCUT2D eigenvalue weighted by molar-refractivity contribution is 0.0769. The molecule has 2 aromatic heterocycles. The maximum Gasteiger partial charge on any atom is 0.264 e. The second kappa shape index (κ2) is 8.92. The van der Waals surface area contributed by atoms with Crippen molar-refractivity contribution in [3.63, 3.8) is 0 Å². The number of hydrogen-bond acceptors (Lipinski definition) is 5. The largest absolute Gasteiger partial charge is 0.337 e. The Labute approximate surface area is 191 Å². The molecule has 1 aliphatic rings. The van der Waals surface area contributed by atoms with Gasteiger partial charge in [-0.3, -0.25) is 9.48 Å². The standard InChI is InChI=1S/C22H27FN4O3S2/c1-15(2)14-27-22-19(16(3)24-27)13-20(31-22)21(28)25-9-4-10-26(12-11-25)32(29,30)18-7-5-17(23)6-8-18/h5-8,13,15H,4,9-12,14H2,1-3H3. The zero-order valence-electron chi connectivity index (χ0n) is 18.4. The molecule has 1 amide bonds. The number of hydrogen-bond donors (Lipinski definition) is 0. The number of carbonyl (C=O) groups is 1. The van der Waals surface area contributed by atoms with Crippen LogP contribution in [0.5, 0.6) is 0 Å². The number of rotatable bonds is 5. The fourth-order valence-electron chi connectivity index (χ4n) is 3.94. The fraction of sp³-hybridized carbons (Fsp3) is 0.455. The third kappa shape index (κ3) is 4.44. The Balaban J connectivity index is 1.51. The molecule has 0 bridgehead atoms. The number of carbonyl (C=O) groups excluding carboxylic acids is 1. The Hall–Kier alpha value is -2.30. The van der Waals surface area contributed by atoms with E-state index >= 15 is 0 Å². The summed E-state index contributed by atoms with van der Waals surface area (Å²) in [6.07, 6.45) is 0.539. The molecule has 7 nitrogen and oxygen atoms in total. The van der Waals surface area contributed by atoms with Gasteiger partial charge in [-0.05, 0) is 49.6 Å². The number of benzene rings is 1. The van der Waals surface area contributed by atoms with Crippen LogP contribution in [0.25, 0.3) is 10.2 Å². The van der Waals surface area contributed by atoms with Gasteiger partial charge in [0, 0.05) is 38.1 Å². The van der Waals surface area contributed by atoms with E-state index < -0.39 is 15.8 Å². The Kier molecular flexibility index (Phi) is 6.37. The predicted octanol–water partition coefficient (Wildman–Crippen LogP) is 3.74. The summed E-state index contributed by atoms with van der Waals surface area (Å²) in [5.41, 5.74) is 0.906. The molecule has 1 fully saturated rings. The number of nitrogens with zero attached hydrogens (tertiary/aromatic N) is 4. The number of halogens is 1. The average Bonchev–Trinajstić information content (AvgIpc) is 3.18. The molecule has 0 radical (unpaired) electrons. The molecule has 172 valence electrons. The first-order valence-electron chi connectivity index (χ1n) is 10.7. The summed E-state index contributed by atoms with van der Waals surface area (Å²) in [4.78, 5) is 16.7. The zero-order chi connectivity index (χ0) is 23.0. The monoisotopic (exact) mass is 478 g/mol.